The van der Waals surface area contributed by atoms with E-state index in [0.717, 1.165) is 53.7 Å². The quantitative estimate of drug-likeness (QED) is 0.656. The second-order valence-electron chi connectivity index (χ2n) is 10.1. The fourth-order valence-electron chi connectivity index (χ4n) is 6.00. The maximum Gasteiger partial charge on any atom is 0.325 e. The van der Waals surface area contributed by atoms with Gasteiger partial charge in [-0.1, -0.05) is 13.3 Å². The van der Waals surface area contributed by atoms with Crippen LogP contribution in [0.5, 0.6) is 5.75 Å². The molecule has 2 aliphatic heterocycles. The Morgan fingerprint density at radius 3 is 2.56 bits per heavy atom. The molecular formula is C26H34N4O4. The summed E-state index contributed by atoms with van der Waals surface area (Å²) in [7, 11) is 1.67. The lowest BCUT2D eigenvalue weighted by atomic mass is 9.75. The highest BCUT2D eigenvalue weighted by Crippen LogP contribution is 2.38. The van der Waals surface area contributed by atoms with Crippen LogP contribution in [0.15, 0.2) is 24.4 Å². The molecule has 5 rings (SSSR count). The number of carbonyl (C=O) groups excluding carboxylic acids is 3. The smallest absolute Gasteiger partial charge is 0.325 e. The van der Waals surface area contributed by atoms with Crippen molar-refractivity contribution in [2.75, 3.05) is 26.7 Å². The number of methoxy groups -OCH3 is 1. The van der Waals surface area contributed by atoms with E-state index in [2.05, 4.69) is 29.5 Å². The Balaban J connectivity index is 1.20. The van der Waals surface area contributed by atoms with Crippen LogP contribution in [0.1, 0.15) is 63.4 Å². The highest BCUT2D eigenvalue weighted by atomic mass is 16.5. The molecule has 1 aromatic carbocycles. The number of urea groups is 1. The number of nitrogens with one attached hydrogen (secondary N) is 2. The number of ether oxygens (including phenoxy) is 1. The van der Waals surface area contributed by atoms with Crippen molar-refractivity contribution in [2.45, 2.75) is 63.3 Å². The number of imide groups is 1. The SMILES string of the molecule is CCC1CCC2(CC1)NC(=O)N(CC(=O)N1CCC(c3c[nH]c4ccc(OC)cc34)CC1)C2=O. The molecule has 0 unspecified atom stereocenters. The van der Waals surface area contributed by atoms with E-state index in [1.807, 2.05) is 12.1 Å². The van der Waals surface area contributed by atoms with Crippen molar-refractivity contribution in [1.82, 2.24) is 20.1 Å². The van der Waals surface area contributed by atoms with Crippen LogP contribution in [0.2, 0.25) is 0 Å². The first-order valence-corrected chi connectivity index (χ1v) is 12.5. The van der Waals surface area contributed by atoms with Gasteiger partial charge in [0.05, 0.1) is 7.11 Å². The maximum atomic E-state index is 13.1. The van der Waals surface area contributed by atoms with Gasteiger partial charge in [0.2, 0.25) is 5.91 Å². The van der Waals surface area contributed by atoms with Crippen molar-refractivity contribution in [2.24, 2.45) is 5.92 Å². The Morgan fingerprint density at radius 1 is 1.15 bits per heavy atom. The van der Waals surface area contributed by atoms with Gasteiger partial charge in [-0.05, 0) is 74.1 Å². The van der Waals surface area contributed by atoms with Gasteiger partial charge >= 0.3 is 6.03 Å². The van der Waals surface area contributed by atoms with Crippen LogP contribution in [-0.2, 0) is 9.59 Å². The number of amides is 4. The molecule has 2 aromatic rings. The van der Waals surface area contributed by atoms with Crippen LogP contribution >= 0.6 is 0 Å². The summed E-state index contributed by atoms with van der Waals surface area (Å²) < 4.78 is 5.38. The van der Waals surface area contributed by atoms with Crippen LogP contribution in [0, 0.1) is 5.92 Å². The molecule has 2 N–H and O–H groups in total. The molecule has 2 saturated heterocycles. The number of fused-ring (bicyclic) bond motifs is 1. The standard InChI is InChI=1S/C26H34N4O4/c1-3-17-6-10-26(11-7-17)24(32)30(25(33)28-26)16-23(31)29-12-8-18(9-13-29)21-15-27-22-5-4-19(34-2)14-20(21)22/h4-5,14-15,17-18,27H,3,6-13,16H2,1-2H3,(H,28,33). The summed E-state index contributed by atoms with van der Waals surface area (Å²) >= 11 is 0. The molecule has 8 nitrogen and oxygen atoms in total. The summed E-state index contributed by atoms with van der Waals surface area (Å²) in [4.78, 5) is 45.1. The summed E-state index contributed by atoms with van der Waals surface area (Å²) in [6.45, 7) is 3.24. The summed E-state index contributed by atoms with van der Waals surface area (Å²) in [6, 6.07) is 5.60. The predicted octanol–water partition coefficient (Wildman–Crippen LogP) is 3.77. The molecule has 182 valence electrons. The van der Waals surface area contributed by atoms with Crippen molar-refractivity contribution < 1.29 is 19.1 Å². The Hall–Kier alpha value is -3.03. The molecule has 1 saturated carbocycles. The topological polar surface area (TPSA) is 94.7 Å². The molecular weight excluding hydrogens is 432 g/mol. The normalized spacial score (nSPS) is 25.9. The van der Waals surface area contributed by atoms with Crippen molar-refractivity contribution >= 4 is 28.7 Å². The molecule has 34 heavy (non-hydrogen) atoms. The third-order valence-electron chi connectivity index (χ3n) is 8.28. The van der Waals surface area contributed by atoms with Gasteiger partial charge in [-0.3, -0.25) is 14.5 Å². The van der Waals surface area contributed by atoms with Gasteiger partial charge in [-0.15, -0.1) is 0 Å². The van der Waals surface area contributed by atoms with Crippen molar-refractivity contribution in [3.05, 3.63) is 30.0 Å². The molecule has 0 bridgehead atoms. The lowest BCUT2D eigenvalue weighted by Crippen LogP contribution is -2.50. The number of rotatable bonds is 5. The minimum atomic E-state index is -0.799. The lowest BCUT2D eigenvalue weighted by molar-refractivity contribution is -0.140. The van der Waals surface area contributed by atoms with Gasteiger partial charge in [0, 0.05) is 30.2 Å². The van der Waals surface area contributed by atoms with E-state index >= 15 is 0 Å². The van der Waals surface area contributed by atoms with Crippen molar-refractivity contribution in [3.8, 4) is 5.75 Å². The highest BCUT2D eigenvalue weighted by molar-refractivity contribution is 6.09. The number of hydrogen-bond acceptors (Lipinski definition) is 4. The fraction of sp³-hybridized carbons (Fsp3) is 0.577. The number of nitrogens with zero attached hydrogens (tertiary/aromatic N) is 2. The molecule has 3 aliphatic rings. The van der Waals surface area contributed by atoms with Gasteiger partial charge in [0.15, 0.2) is 0 Å². The van der Waals surface area contributed by atoms with E-state index < -0.39 is 11.6 Å². The van der Waals surface area contributed by atoms with E-state index in [1.54, 1.807) is 12.0 Å². The molecule has 1 aromatic heterocycles. The van der Waals surface area contributed by atoms with Crippen LogP contribution in [0.3, 0.4) is 0 Å². The number of likely N-dealkylation sites (tertiary alicyclic amines) is 1. The minimum Gasteiger partial charge on any atom is -0.497 e. The Labute approximate surface area is 200 Å². The molecule has 4 amide bonds. The van der Waals surface area contributed by atoms with Crippen LogP contribution in [0.25, 0.3) is 10.9 Å². The molecule has 3 heterocycles. The molecule has 3 fully saturated rings. The molecule has 8 heteroatoms. The monoisotopic (exact) mass is 466 g/mol. The van der Waals surface area contributed by atoms with Crippen LogP contribution in [-0.4, -0.2) is 64.9 Å². The zero-order valence-electron chi connectivity index (χ0n) is 20.1. The number of piperidine rings is 1. The Bertz CT molecular complexity index is 1090. The molecule has 0 atom stereocenters. The second-order valence-corrected chi connectivity index (χ2v) is 10.1. The number of benzene rings is 1. The summed E-state index contributed by atoms with van der Waals surface area (Å²) in [5, 5.41) is 4.09. The zero-order valence-corrected chi connectivity index (χ0v) is 20.1. The number of aromatic amines is 1. The first-order valence-electron chi connectivity index (χ1n) is 12.5. The average molecular weight is 467 g/mol. The number of H-pyrrole nitrogens is 1. The second kappa shape index (κ2) is 8.96. The molecule has 1 aliphatic carbocycles. The third-order valence-corrected chi connectivity index (χ3v) is 8.28. The third kappa shape index (κ3) is 3.93. The lowest BCUT2D eigenvalue weighted by Gasteiger charge is -2.35. The van der Waals surface area contributed by atoms with Crippen LogP contribution < -0.4 is 10.1 Å². The van der Waals surface area contributed by atoms with E-state index in [0.29, 0.717) is 37.8 Å². The average Bonchev–Trinajstić information content (AvgIpc) is 3.38. The van der Waals surface area contributed by atoms with E-state index in [-0.39, 0.29) is 18.4 Å². The van der Waals surface area contributed by atoms with Crippen LogP contribution in [0.4, 0.5) is 4.79 Å². The Kier molecular flexibility index (Phi) is 6.00. The van der Waals surface area contributed by atoms with Gasteiger partial charge in [-0.25, -0.2) is 4.79 Å². The van der Waals surface area contributed by atoms with E-state index in [9.17, 15) is 14.4 Å². The summed E-state index contributed by atoms with van der Waals surface area (Å²) in [6.07, 6.45) is 8.07. The number of hydrogen-bond donors (Lipinski definition) is 2. The van der Waals surface area contributed by atoms with Crippen molar-refractivity contribution in [3.63, 3.8) is 0 Å². The molecule has 1 spiro atoms. The summed E-state index contributed by atoms with van der Waals surface area (Å²) in [5.74, 6) is 1.42. The van der Waals surface area contributed by atoms with Gasteiger partial charge in [0.1, 0.15) is 17.8 Å². The largest absolute Gasteiger partial charge is 0.497 e. The fourth-order valence-corrected chi connectivity index (χ4v) is 6.00. The predicted molar refractivity (Wildman–Crippen MR) is 129 cm³/mol. The minimum absolute atomic E-state index is 0.151. The highest BCUT2D eigenvalue weighted by Gasteiger charge is 2.52. The van der Waals surface area contributed by atoms with E-state index in [4.69, 9.17) is 4.74 Å². The van der Waals surface area contributed by atoms with Gasteiger partial charge in [-0.2, -0.15) is 0 Å². The first-order chi connectivity index (χ1) is 16.4. The molecule has 0 radical (unpaired) electrons. The van der Waals surface area contributed by atoms with Gasteiger partial charge in [0.25, 0.3) is 5.91 Å². The van der Waals surface area contributed by atoms with Crippen molar-refractivity contribution in [1.29, 1.82) is 0 Å². The van der Waals surface area contributed by atoms with Gasteiger partial charge < -0.3 is 19.9 Å². The zero-order chi connectivity index (χ0) is 23.9. The number of aromatic nitrogens is 1. The van der Waals surface area contributed by atoms with E-state index in [1.165, 1.54) is 5.56 Å². The Morgan fingerprint density at radius 2 is 1.88 bits per heavy atom. The maximum absolute atomic E-state index is 13.1. The number of carbonyl (C=O) groups is 3. The first kappa shape index (κ1) is 22.7. The summed E-state index contributed by atoms with van der Waals surface area (Å²) in [5.41, 5.74) is 1.53.